The van der Waals surface area contributed by atoms with E-state index < -0.39 is 89.2 Å². The lowest BCUT2D eigenvalue weighted by Gasteiger charge is -2.20. The molecule has 9 aliphatic rings. The molecule has 7 N–H and O–H groups in total. The van der Waals surface area contributed by atoms with Crippen LogP contribution in [0, 0.1) is 11.8 Å². The Morgan fingerprint density at radius 2 is 0.534 bits per heavy atom. The molecule has 2 aliphatic carbocycles. The number of ether oxygens (including phenoxy) is 14. The fourth-order valence-corrected chi connectivity index (χ4v) is 12.6. The Labute approximate surface area is 845 Å². The van der Waals surface area contributed by atoms with Gasteiger partial charge in [0.05, 0.1) is 33.0 Å². The number of hydrogen-bond donors (Lipinski definition) is 7. The highest BCUT2D eigenvalue weighted by Gasteiger charge is 2.24. The van der Waals surface area contributed by atoms with Crippen LogP contribution in [0.25, 0.3) is 0 Å². The number of rotatable bonds is 35. The highest BCUT2D eigenvalue weighted by molar-refractivity contribution is 5.99. The van der Waals surface area contributed by atoms with Crippen molar-refractivity contribution in [3.8, 4) is 0 Å². The van der Waals surface area contributed by atoms with Gasteiger partial charge in [0.1, 0.15) is 58.0 Å². The minimum atomic E-state index is -0.683. The van der Waals surface area contributed by atoms with E-state index in [1.165, 1.54) is 75.3 Å². The third kappa shape index (κ3) is 61.9. The predicted molar refractivity (Wildman–Crippen MR) is 523 cm³/mol. The van der Waals surface area contributed by atoms with Crippen LogP contribution in [0.3, 0.4) is 0 Å². The van der Waals surface area contributed by atoms with Crippen LogP contribution in [0.2, 0.25) is 0 Å². The molecule has 0 radical (unpaired) electrons. The monoisotopic (exact) mass is 2030 g/mol. The summed E-state index contributed by atoms with van der Waals surface area (Å²) in [7, 11) is 1.20. The molecule has 7 heterocycles. The number of hydrogen-bond acceptors (Lipinski definition) is 35. The second-order valence-corrected chi connectivity index (χ2v) is 34.2. The maximum Gasteiger partial charge on any atom is 0.331 e. The first-order valence-corrected chi connectivity index (χ1v) is 45.9. The Morgan fingerprint density at radius 1 is 0.308 bits per heavy atom. The number of esters is 14. The molecule has 0 atom stereocenters. The fraction of sp³-hybridized carbons (Fsp3) is 0.394. The molecule has 788 valence electrons. The SMILES string of the molecule is C=C1CC(COC(=O)/C=C/C(=O)OC(C)(C)C)=CC(=O)N1.C=C1CC(COC(=O)/C=C/C(=O)OC(C)C)=CC(=O)N1.C=C1CC(COC(=O)/C=C/C(=O)OC)=CC(=O)N1.C=C1CC(COC(=O)/C=C/C(=O)OC2CCCCC2)=CC(=O)N1.C=C1CC(COC(=O)/C=C/C(=O)OCC(C)C)=CC(=O)N1.C=C1CC(COC(=O)/C=C/C(=O)OCC)=CC(=O)N1.C=C1CC(COC(=O)/C=C/C(=O)OCC2CCCCC2)=CC(=O)N1. The number of carbonyl (C=O) groups excluding carboxylic acids is 21. The average Bonchev–Trinajstić information content (AvgIpc) is 0.903. The molecule has 2 saturated carbocycles. The lowest BCUT2D eigenvalue weighted by atomic mass is 9.90. The molecule has 0 saturated heterocycles. The Balaban J connectivity index is 0.000000438. The minimum Gasteiger partial charge on any atom is -0.466 e. The largest absolute Gasteiger partial charge is 0.466 e. The van der Waals surface area contributed by atoms with Gasteiger partial charge in [-0.3, -0.25) is 33.6 Å². The molecule has 42 heteroatoms. The molecule has 0 bridgehead atoms. The molecule has 2 fully saturated rings. The molecular weight excluding hydrogens is 1910 g/mol. The topological polar surface area (TPSA) is 572 Å². The van der Waals surface area contributed by atoms with Crippen molar-refractivity contribution >= 4 is 125 Å². The molecule has 0 aromatic carbocycles. The van der Waals surface area contributed by atoms with Crippen LogP contribution >= 0.6 is 0 Å². The van der Waals surface area contributed by atoms with Gasteiger partial charge in [-0.1, -0.05) is 85.6 Å². The lowest BCUT2D eigenvalue weighted by Crippen LogP contribution is -2.26. The summed E-state index contributed by atoms with van der Waals surface area (Å²) in [6, 6.07) is 0. The first-order valence-electron chi connectivity index (χ1n) is 45.9. The first-order chi connectivity index (χ1) is 68.9. The minimum absolute atomic E-state index is 0.00666. The van der Waals surface area contributed by atoms with E-state index in [1.807, 2.05) is 13.8 Å². The summed E-state index contributed by atoms with van der Waals surface area (Å²) in [6.07, 6.45) is 37.4. The molecule has 0 unspecified atom stereocenters. The lowest BCUT2D eigenvalue weighted by molar-refractivity contribution is -0.149. The van der Waals surface area contributed by atoms with Crippen LogP contribution in [-0.4, -0.2) is 216 Å². The van der Waals surface area contributed by atoms with Crippen LogP contribution in [0.4, 0.5) is 0 Å². The van der Waals surface area contributed by atoms with Crippen LogP contribution in [0.5, 0.6) is 0 Å². The van der Waals surface area contributed by atoms with Gasteiger partial charge in [-0.15, -0.1) is 0 Å². The Kier molecular flexibility index (Phi) is 57.3. The second kappa shape index (κ2) is 67.7. The third-order valence-electron chi connectivity index (χ3n) is 18.6. The van der Waals surface area contributed by atoms with Crippen molar-refractivity contribution in [2.24, 2.45) is 11.8 Å². The normalized spacial score (nSPS) is 16.4. The van der Waals surface area contributed by atoms with E-state index in [4.69, 9.17) is 56.8 Å². The van der Waals surface area contributed by atoms with Gasteiger partial charge in [0.2, 0.25) is 41.4 Å². The van der Waals surface area contributed by atoms with Crippen molar-refractivity contribution in [2.75, 3.05) is 73.2 Å². The van der Waals surface area contributed by atoms with Crippen molar-refractivity contribution in [2.45, 2.75) is 182 Å². The molecule has 9 rings (SSSR count). The quantitative estimate of drug-likeness (QED) is 0.0177. The van der Waals surface area contributed by atoms with Gasteiger partial charge in [0.15, 0.2) is 0 Å². The third-order valence-corrected chi connectivity index (χ3v) is 18.6. The highest BCUT2D eigenvalue weighted by atomic mass is 16.6. The van der Waals surface area contributed by atoms with Crippen molar-refractivity contribution in [1.29, 1.82) is 0 Å². The van der Waals surface area contributed by atoms with Gasteiger partial charge in [-0.25, -0.2) is 67.1 Å². The number of allylic oxidation sites excluding steroid dienone is 7. The van der Waals surface area contributed by atoms with Crippen molar-refractivity contribution < 1.29 is 167 Å². The van der Waals surface area contributed by atoms with Gasteiger partial charge in [-0.05, 0) is 131 Å². The number of carbonyl (C=O) groups is 21. The smallest absolute Gasteiger partial charge is 0.331 e. The summed E-state index contributed by atoms with van der Waals surface area (Å²) in [5.41, 5.74) is 7.82. The van der Waals surface area contributed by atoms with E-state index in [1.54, 1.807) is 41.5 Å². The maximum atomic E-state index is 11.6. The molecular formula is C104H127N7O35. The summed E-state index contributed by atoms with van der Waals surface area (Å²) in [4.78, 5) is 237. The number of methoxy groups -OCH3 is 1. The maximum absolute atomic E-state index is 11.6. The van der Waals surface area contributed by atoms with Gasteiger partial charge in [0, 0.05) is 212 Å². The zero-order valence-corrected chi connectivity index (χ0v) is 83.3. The summed E-state index contributed by atoms with van der Waals surface area (Å²) < 4.78 is 68.5. The summed E-state index contributed by atoms with van der Waals surface area (Å²) >= 11 is 0. The summed E-state index contributed by atoms with van der Waals surface area (Å²) in [5, 5.41) is 17.7. The summed E-state index contributed by atoms with van der Waals surface area (Å²) in [6.45, 7) is 40.4. The number of nitrogens with one attached hydrogen (secondary N) is 7. The second-order valence-electron chi connectivity index (χ2n) is 34.2. The van der Waals surface area contributed by atoms with Crippen LogP contribution in [0.1, 0.15) is 165 Å². The standard InChI is InChI=1S/C18H23NO5.C17H21NO5.2C15H19NO5.C14H17NO5.C13H15NO5.C12H13NO5/c1-13-9-15(10-16(20)19-13)12-24-18(22)8-7-17(21)23-11-14-5-3-2-4-6-14;1-12-9-13(10-15(19)18-12)11-22-16(20)7-8-17(21)23-14-5-3-2-4-6-14;1-10-7-11(8-12(17)16-10)9-20-13(18)5-6-14(19)21-15(2,3)4;1-10(2)8-20-14(18)4-5-15(19)21-9-12-6-11(3)16-13(17)7-12;1-9(2)20-14(18)5-4-13(17)19-8-11-6-10(3)15-12(16)7-11;1-3-18-12(16)4-5-13(17)19-8-10-6-9(2)14-11(15)7-10;1-8-5-9(6-10(14)13-8)7-18-12(16)4-3-11(15)17-2/h7-8,10,14H,1-6,9,11-12H2,(H,19,20);7-8,10,14H,1-6,9,11H2,(H,18,19);5-6,8H,1,7,9H2,2-4H3,(H,16,17);4-5,7,10H,3,6,8-9H2,1-2H3,(H,16,17);4-5,7,9H,3,6,8H2,1-2H3,(H,15,16);4-5,7H,2-3,6,8H2,1H3,(H,14,15);3-4,6H,1,5,7H2,2H3,(H,13,14)/b2*8-7+;6-5+;3*5-4+;4-3+. The van der Waals surface area contributed by atoms with E-state index in [-0.39, 0.29) is 112 Å². The zero-order valence-electron chi connectivity index (χ0n) is 83.3. The van der Waals surface area contributed by atoms with Crippen molar-refractivity contribution in [3.05, 3.63) is 253 Å². The van der Waals surface area contributed by atoms with E-state index in [0.29, 0.717) is 143 Å². The molecule has 0 aromatic rings. The van der Waals surface area contributed by atoms with Gasteiger partial charge in [0.25, 0.3) is 0 Å². The van der Waals surface area contributed by atoms with Gasteiger partial charge >= 0.3 is 83.6 Å². The average molecular weight is 2040 g/mol. The first kappa shape index (κ1) is 124. The van der Waals surface area contributed by atoms with Crippen LogP contribution in [0.15, 0.2) is 253 Å². The van der Waals surface area contributed by atoms with Crippen LogP contribution < -0.4 is 37.2 Å². The molecule has 146 heavy (non-hydrogen) atoms. The van der Waals surface area contributed by atoms with Crippen molar-refractivity contribution in [1.82, 2.24) is 37.2 Å². The van der Waals surface area contributed by atoms with E-state index >= 15 is 0 Å². The Bertz CT molecular complexity index is 5370. The fourth-order valence-electron chi connectivity index (χ4n) is 12.6. The molecule has 42 nitrogen and oxygen atoms in total. The van der Waals surface area contributed by atoms with E-state index in [2.05, 4.69) is 92.7 Å². The Hall–Kier alpha value is -16.6. The molecule has 7 aliphatic heterocycles. The van der Waals surface area contributed by atoms with Crippen LogP contribution in [-0.2, 0) is 167 Å². The number of amides is 7. The zero-order chi connectivity index (χ0) is 109. The van der Waals surface area contributed by atoms with Gasteiger partial charge < -0.3 is 104 Å². The highest BCUT2D eigenvalue weighted by Crippen LogP contribution is 2.26. The van der Waals surface area contributed by atoms with E-state index in [9.17, 15) is 101 Å². The van der Waals surface area contributed by atoms with E-state index in [0.717, 1.165) is 124 Å². The molecule has 0 spiro atoms. The molecule has 0 aromatic heterocycles. The van der Waals surface area contributed by atoms with Gasteiger partial charge in [-0.2, -0.15) is 0 Å². The summed E-state index contributed by atoms with van der Waals surface area (Å²) in [5.74, 6) is -10.2. The predicted octanol–water partition coefficient (Wildman–Crippen LogP) is 8.55. The Morgan fingerprint density at radius 3 is 0.774 bits per heavy atom. The van der Waals surface area contributed by atoms with Crippen molar-refractivity contribution in [3.63, 3.8) is 0 Å². The molecule has 7 amide bonds.